The summed E-state index contributed by atoms with van der Waals surface area (Å²) in [5, 5.41) is 7.86. The highest BCUT2D eigenvalue weighted by atomic mass is 32.1. The molecular formula is C71H45NS2. The molecule has 0 atom stereocenters. The predicted octanol–water partition coefficient (Wildman–Crippen LogP) is 20.4. The fourth-order valence-corrected chi connectivity index (χ4v) is 14.8. The van der Waals surface area contributed by atoms with Crippen molar-refractivity contribution in [2.75, 3.05) is 4.90 Å². The van der Waals surface area contributed by atoms with Gasteiger partial charge < -0.3 is 4.90 Å². The summed E-state index contributed by atoms with van der Waals surface area (Å²) in [5.74, 6) is 0. The molecule has 0 spiro atoms. The van der Waals surface area contributed by atoms with Crippen LogP contribution >= 0.6 is 22.7 Å². The lowest BCUT2D eigenvalue weighted by molar-refractivity contribution is 0.768. The van der Waals surface area contributed by atoms with Crippen LogP contribution in [-0.2, 0) is 5.41 Å². The molecule has 1 nitrogen and oxygen atoms in total. The van der Waals surface area contributed by atoms with Crippen LogP contribution in [0.1, 0.15) is 22.3 Å². The van der Waals surface area contributed by atoms with E-state index in [4.69, 9.17) is 0 Å². The van der Waals surface area contributed by atoms with E-state index >= 15 is 0 Å². The zero-order valence-corrected chi connectivity index (χ0v) is 41.9. The van der Waals surface area contributed by atoms with Crippen molar-refractivity contribution in [1.82, 2.24) is 0 Å². The van der Waals surface area contributed by atoms with Crippen LogP contribution in [-0.4, -0.2) is 0 Å². The normalized spacial score (nSPS) is 12.7. The van der Waals surface area contributed by atoms with Crippen LogP contribution in [0.25, 0.3) is 95.6 Å². The monoisotopic (exact) mass is 975 g/mol. The van der Waals surface area contributed by atoms with E-state index in [1.807, 2.05) is 22.7 Å². The van der Waals surface area contributed by atoms with E-state index in [1.54, 1.807) is 0 Å². The maximum Gasteiger partial charge on any atom is 0.0713 e. The molecule has 0 amide bonds. The van der Waals surface area contributed by atoms with Crippen LogP contribution < -0.4 is 4.90 Å². The Morgan fingerprint density at radius 3 is 1.49 bits per heavy atom. The smallest absolute Gasteiger partial charge is 0.0713 e. The summed E-state index contributed by atoms with van der Waals surface area (Å²) in [6, 6.07) is 101. The number of fused-ring (bicyclic) bond motifs is 11. The molecule has 0 saturated carbocycles. The quantitative estimate of drug-likeness (QED) is 0.147. The van der Waals surface area contributed by atoms with Gasteiger partial charge in [-0.3, -0.25) is 0 Å². The number of benzene rings is 12. The molecular weight excluding hydrogens is 931 g/mol. The fraction of sp³-hybridized carbons (Fsp3) is 0.0141. The van der Waals surface area contributed by atoms with E-state index in [-0.39, 0.29) is 0 Å². The Labute approximate surface area is 438 Å². The Bertz CT molecular complexity index is 4410. The molecule has 346 valence electrons. The van der Waals surface area contributed by atoms with Gasteiger partial charge in [0.05, 0.1) is 5.41 Å². The minimum atomic E-state index is -0.460. The van der Waals surface area contributed by atoms with Gasteiger partial charge in [-0.25, -0.2) is 0 Å². The van der Waals surface area contributed by atoms with E-state index in [0.717, 1.165) is 17.1 Å². The number of hydrogen-bond donors (Lipinski definition) is 0. The first-order valence-electron chi connectivity index (χ1n) is 25.4. The first kappa shape index (κ1) is 42.8. The molecule has 2 aromatic heterocycles. The Kier molecular flexibility index (Phi) is 9.91. The molecule has 2 heterocycles. The van der Waals surface area contributed by atoms with Gasteiger partial charge in [-0.15, -0.1) is 22.7 Å². The highest BCUT2D eigenvalue weighted by Crippen LogP contribution is 2.58. The lowest BCUT2D eigenvalue weighted by Crippen LogP contribution is -2.28. The summed E-state index contributed by atoms with van der Waals surface area (Å²) in [4.78, 5) is 2.41. The molecule has 1 aliphatic rings. The molecule has 1 aliphatic carbocycles. The number of rotatable bonds is 8. The van der Waals surface area contributed by atoms with Crippen LogP contribution in [0, 0.1) is 0 Å². The van der Waals surface area contributed by atoms with Gasteiger partial charge in [-0.2, -0.15) is 0 Å². The molecule has 0 unspecified atom stereocenters. The molecule has 14 aromatic rings. The number of anilines is 3. The second-order valence-corrected chi connectivity index (χ2v) is 21.6. The molecule has 0 bridgehead atoms. The van der Waals surface area contributed by atoms with Crippen LogP contribution in [0.4, 0.5) is 17.1 Å². The topological polar surface area (TPSA) is 3.24 Å². The Hall–Kier alpha value is -8.86. The first-order valence-corrected chi connectivity index (χ1v) is 27.0. The van der Waals surface area contributed by atoms with Crippen molar-refractivity contribution < 1.29 is 0 Å². The first-order chi connectivity index (χ1) is 36.7. The zero-order valence-electron chi connectivity index (χ0n) is 40.2. The van der Waals surface area contributed by atoms with Crippen LogP contribution in [0.3, 0.4) is 0 Å². The molecule has 0 fully saturated rings. The molecule has 3 heteroatoms. The summed E-state index contributed by atoms with van der Waals surface area (Å²) < 4.78 is 5.30. The predicted molar refractivity (Wildman–Crippen MR) is 318 cm³/mol. The van der Waals surface area contributed by atoms with Gasteiger partial charge in [-0.05, 0) is 126 Å². The Morgan fingerprint density at radius 2 is 0.770 bits per heavy atom. The average Bonchev–Trinajstić information content (AvgIpc) is 4.16. The van der Waals surface area contributed by atoms with E-state index < -0.39 is 5.41 Å². The SMILES string of the molecule is c1ccc(C2(c3ccccc3)c3ccccc3-c3c(-c4ccc(N(c5ccc(-c6cccc7c6sc6c8ccccc8ccc76)cc5)c5ccc(-c6cccc7sc8ccccc8c67)cc5)cc4)cccc32)cc1. The van der Waals surface area contributed by atoms with E-state index in [1.165, 1.54) is 118 Å². The van der Waals surface area contributed by atoms with Crippen molar-refractivity contribution in [1.29, 1.82) is 0 Å². The molecule has 0 radical (unpaired) electrons. The average molecular weight is 976 g/mol. The van der Waals surface area contributed by atoms with E-state index in [2.05, 4.69) is 278 Å². The molecule has 0 saturated heterocycles. The fourth-order valence-electron chi connectivity index (χ4n) is 12.3. The maximum atomic E-state index is 2.41. The lowest BCUT2D eigenvalue weighted by atomic mass is 9.67. The standard InChI is InChI=1S/C71H45NS2/c1-3-17-50(18-4-1)71(51-19-5-2-6-20-51)63-28-11-9-22-61(63)67-55(24-14-29-64(67)71)47-32-39-52(40-33-47)72(53-41-34-48(35-42-53)56-25-15-31-66-68(56)62-23-10-12-30-65(62)73-66)54-43-36-49(37-44-54)58-26-13-27-59-60-45-38-46-16-7-8-21-57(46)70(60)74-69(58)59/h1-45H. The number of hydrogen-bond acceptors (Lipinski definition) is 3. The summed E-state index contributed by atoms with van der Waals surface area (Å²) in [6.45, 7) is 0. The van der Waals surface area contributed by atoms with E-state index in [9.17, 15) is 0 Å². The van der Waals surface area contributed by atoms with Gasteiger partial charge in [0.25, 0.3) is 0 Å². The van der Waals surface area contributed by atoms with Gasteiger partial charge in [0, 0.05) is 57.4 Å². The van der Waals surface area contributed by atoms with Crippen LogP contribution in [0.5, 0.6) is 0 Å². The Balaban J connectivity index is 0.857. The molecule has 0 N–H and O–H groups in total. The number of nitrogens with zero attached hydrogens (tertiary/aromatic N) is 1. The molecule has 0 aliphatic heterocycles. The third-order valence-electron chi connectivity index (χ3n) is 15.6. The minimum Gasteiger partial charge on any atom is -0.311 e. The zero-order chi connectivity index (χ0) is 48.7. The highest BCUT2D eigenvalue weighted by molar-refractivity contribution is 7.27. The van der Waals surface area contributed by atoms with Crippen molar-refractivity contribution in [3.63, 3.8) is 0 Å². The lowest BCUT2D eigenvalue weighted by Gasteiger charge is -2.34. The summed E-state index contributed by atoms with van der Waals surface area (Å²) >= 11 is 3.78. The van der Waals surface area contributed by atoms with Crippen molar-refractivity contribution in [3.8, 4) is 44.5 Å². The maximum absolute atomic E-state index is 2.41. The summed E-state index contributed by atoms with van der Waals surface area (Å²) in [5.41, 5.74) is 17.9. The third kappa shape index (κ3) is 6.54. The van der Waals surface area contributed by atoms with Crippen LogP contribution in [0.15, 0.2) is 273 Å². The molecule has 74 heavy (non-hydrogen) atoms. The van der Waals surface area contributed by atoms with Crippen molar-refractivity contribution in [2.24, 2.45) is 0 Å². The summed E-state index contributed by atoms with van der Waals surface area (Å²) in [7, 11) is 0. The Morgan fingerprint density at radius 1 is 0.284 bits per heavy atom. The van der Waals surface area contributed by atoms with Gasteiger partial charge in [-0.1, -0.05) is 224 Å². The second-order valence-electron chi connectivity index (χ2n) is 19.5. The highest BCUT2D eigenvalue weighted by Gasteiger charge is 2.46. The van der Waals surface area contributed by atoms with Gasteiger partial charge in [0.2, 0.25) is 0 Å². The third-order valence-corrected chi connectivity index (χ3v) is 18.0. The van der Waals surface area contributed by atoms with E-state index in [0.29, 0.717) is 0 Å². The minimum absolute atomic E-state index is 0.460. The molecule has 15 rings (SSSR count). The van der Waals surface area contributed by atoms with Crippen molar-refractivity contribution in [2.45, 2.75) is 5.41 Å². The van der Waals surface area contributed by atoms with Gasteiger partial charge in [0.1, 0.15) is 0 Å². The largest absolute Gasteiger partial charge is 0.311 e. The van der Waals surface area contributed by atoms with Gasteiger partial charge in [0.15, 0.2) is 0 Å². The second kappa shape index (κ2) is 17.1. The van der Waals surface area contributed by atoms with Crippen molar-refractivity contribution >= 4 is 90.9 Å². The van der Waals surface area contributed by atoms with Crippen molar-refractivity contribution in [3.05, 3.63) is 295 Å². The van der Waals surface area contributed by atoms with Gasteiger partial charge >= 0.3 is 0 Å². The molecule has 12 aromatic carbocycles. The van der Waals surface area contributed by atoms with Crippen LogP contribution in [0.2, 0.25) is 0 Å². The summed E-state index contributed by atoms with van der Waals surface area (Å²) in [6.07, 6.45) is 0. The number of thiophene rings is 2.